The smallest absolute Gasteiger partial charge is 0.164 e. The first-order chi connectivity index (χ1) is 31.2. The number of pyridine rings is 1. The summed E-state index contributed by atoms with van der Waals surface area (Å²) in [4.78, 5) is 20.6. The van der Waals surface area contributed by atoms with Crippen LogP contribution in [0.1, 0.15) is 0 Å². The number of hydrogen-bond donors (Lipinski definition) is 0. The average Bonchev–Trinajstić information content (AvgIpc) is 3.69. The Balaban J connectivity index is 1.01. The van der Waals surface area contributed by atoms with Crippen molar-refractivity contribution in [2.24, 2.45) is 0 Å². The van der Waals surface area contributed by atoms with Gasteiger partial charge in [0.15, 0.2) is 17.5 Å². The first-order valence-electron chi connectivity index (χ1n) is 21.2. The number of nitrogens with zero attached hydrogens (tertiary/aromatic N) is 5. The highest BCUT2D eigenvalue weighted by Gasteiger charge is 2.20. The second kappa shape index (κ2) is 15.2. The van der Waals surface area contributed by atoms with Crippen molar-refractivity contribution in [3.63, 3.8) is 0 Å². The van der Waals surface area contributed by atoms with Crippen LogP contribution >= 0.6 is 0 Å². The molecule has 0 bridgehead atoms. The number of para-hydroxylation sites is 3. The maximum atomic E-state index is 5.56. The first kappa shape index (κ1) is 36.3. The third-order valence-electron chi connectivity index (χ3n) is 12.1. The Morgan fingerprint density at radius 2 is 0.746 bits per heavy atom. The van der Waals surface area contributed by atoms with Crippen molar-refractivity contribution in [1.82, 2.24) is 24.5 Å². The molecule has 0 spiro atoms. The Morgan fingerprint density at radius 3 is 1.38 bits per heavy atom. The predicted molar refractivity (Wildman–Crippen MR) is 260 cm³/mol. The lowest BCUT2D eigenvalue weighted by Gasteiger charge is -2.15. The first-order valence-corrected chi connectivity index (χ1v) is 21.2. The van der Waals surface area contributed by atoms with Crippen LogP contribution in [0.2, 0.25) is 0 Å². The summed E-state index contributed by atoms with van der Waals surface area (Å²) in [6.45, 7) is 0. The molecule has 63 heavy (non-hydrogen) atoms. The maximum absolute atomic E-state index is 5.56. The van der Waals surface area contributed by atoms with Crippen LogP contribution < -0.4 is 0 Å². The molecule has 3 heterocycles. The fourth-order valence-corrected chi connectivity index (χ4v) is 8.98. The molecular weight excluding hydrogens is 767 g/mol. The van der Waals surface area contributed by atoms with Gasteiger partial charge in [0.05, 0.1) is 22.2 Å². The summed E-state index contributed by atoms with van der Waals surface area (Å²) in [5.74, 6) is 1.87. The molecule has 0 atom stereocenters. The van der Waals surface area contributed by atoms with Gasteiger partial charge in [0.1, 0.15) is 0 Å². The topological polar surface area (TPSA) is 56.5 Å². The van der Waals surface area contributed by atoms with E-state index in [0.29, 0.717) is 17.5 Å². The minimum atomic E-state index is 0.615. The number of aromatic nitrogens is 5. The van der Waals surface area contributed by atoms with Gasteiger partial charge in [0.2, 0.25) is 0 Å². The molecule has 0 saturated heterocycles. The van der Waals surface area contributed by atoms with Crippen molar-refractivity contribution in [3.05, 3.63) is 224 Å². The SMILES string of the molecule is c1ccc(-c2ccc(-c3nc(-c4ccccc4)nc(-c4ccc(-c5cccc6c5nc(-c5ccccc5)c5cc7c8ccccc8n(-c8ccccc8)c7cc56)cc4)n3)cc2)cc1. The van der Waals surface area contributed by atoms with E-state index < -0.39 is 0 Å². The largest absolute Gasteiger partial charge is 0.309 e. The van der Waals surface area contributed by atoms with Crippen molar-refractivity contribution >= 4 is 43.5 Å². The van der Waals surface area contributed by atoms with Crippen LogP contribution in [0.3, 0.4) is 0 Å². The number of hydrogen-bond acceptors (Lipinski definition) is 4. The van der Waals surface area contributed by atoms with Gasteiger partial charge in [-0.3, -0.25) is 0 Å². The van der Waals surface area contributed by atoms with Crippen LogP contribution in [0.4, 0.5) is 0 Å². The molecule has 0 fully saturated rings. The summed E-state index contributed by atoms with van der Waals surface area (Å²) >= 11 is 0. The highest BCUT2D eigenvalue weighted by molar-refractivity contribution is 6.21. The minimum absolute atomic E-state index is 0.615. The Bertz CT molecular complexity index is 3620. The Hall–Kier alpha value is -8.54. The molecule has 0 amide bonds. The lowest BCUT2D eigenvalue weighted by molar-refractivity contribution is 1.07. The molecular formula is C58H37N5. The Morgan fingerprint density at radius 1 is 0.270 bits per heavy atom. The summed E-state index contributed by atoms with van der Waals surface area (Å²) < 4.78 is 2.39. The Kier molecular flexibility index (Phi) is 8.75. The molecule has 0 aliphatic heterocycles. The molecule has 0 unspecified atom stereocenters. The zero-order valence-corrected chi connectivity index (χ0v) is 34.1. The van der Waals surface area contributed by atoms with E-state index in [1.165, 1.54) is 21.9 Å². The molecule has 5 nitrogen and oxygen atoms in total. The van der Waals surface area contributed by atoms with Crippen molar-refractivity contribution in [3.8, 4) is 73.4 Å². The molecule has 0 radical (unpaired) electrons. The van der Waals surface area contributed by atoms with Gasteiger partial charge in [-0.1, -0.05) is 194 Å². The lowest BCUT2D eigenvalue weighted by atomic mass is 9.94. The highest BCUT2D eigenvalue weighted by Crippen LogP contribution is 2.42. The van der Waals surface area contributed by atoms with Gasteiger partial charge in [0, 0.05) is 55.0 Å². The van der Waals surface area contributed by atoms with Gasteiger partial charge in [0.25, 0.3) is 0 Å². The quantitative estimate of drug-likeness (QED) is 0.151. The van der Waals surface area contributed by atoms with Crippen LogP contribution in [0.15, 0.2) is 224 Å². The summed E-state index contributed by atoms with van der Waals surface area (Å²) in [6, 6.07) is 78.7. The van der Waals surface area contributed by atoms with E-state index in [1.807, 2.05) is 36.4 Å². The predicted octanol–water partition coefficient (Wildman–Crippen LogP) is 14.7. The van der Waals surface area contributed by atoms with Gasteiger partial charge >= 0.3 is 0 Å². The third kappa shape index (κ3) is 6.42. The van der Waals surface area contributed by atoms with E-state index in [4.69, 9.17) is 19.9 Å². The molecule has 0 aliphatic rings. The van der Waals surface area contributed by atoms with Crippen molar-refractivity contribution in [1.29, 1.82) is 0 Å². The van der Waals surface area contributed by atoms with Gasteiger partial charge < -0.3 is 4.57 Å². The summed E-state index contributed by atoms with van der Waals surface area (Å²) in [5, 5.41) is 5.81. The molecule has 0 aliphatic carbocycles. The van der Waals surface area contributed by atoms with E-state index in [1.54, 1.807) is 0 Å². The molecule has 0 N–H and O–H groups in total. The number of rotatable bonds is 7. The second-order valence-electron chi connectivity index (χ2n) is 15.8. The van der Waals surface area contributed by atoms with Crippen LogP contribution in [-0.2, 0) is 0 Å². The average molecular weight is 804 g/mol. The number of benzene rings is 9. The summed E-state index contributed by atoms with van der Waals surface area (Å²) in [6.07, 6.45) is 0. The standard InChI is InChI=1S/C58H37N5/c1-5-16-38(17-6-1)39-28-32-43(33-29-39)57-60-56(42-20-9-3-10-21-42)61-58(62-57)44-34-30-40(31-35-44)46-25-15-26-48-49-37-53-50(36-51(49)54(59-55(46)48)41-18-7-2-8-19-41)47-24-13-14-27-52(47)63(53)45-22-11-4-12-23-45/h1-37H. The van der Waals surface area contributed by atoms with Crippen molar-refractivity contribution < 1.29 is 0 Å². The highest BCUT2D eigenvalue weighted by atomic mass is 15.0. The maximum Gasteiger partial charge on any atom is 0.164 e. The molecule has 294 valence electrons. The molecule has 12 rings (SSSR count). The second-order valence-corrected chi connectivity index (χ2v) is 15.8. The van der Waals surface area contributed by atoms with Crippen LogP contribution in [0.25, 0.3) is 117 Å². The van der Waals surface area contributed by atoms with Crippen LogP contribution in [-0.4, -0.2) is 24.5 Å². The van der Waals surface area contributed by atoms with Gasteiger partial charge in [-0.25, -0.2) is 19.9 Å². The zero-order valence-electron chi connectivity index (χ0n) is 34.1. The van der Waals surface area contributed by atoms with E-state index in [0.717, 1.165) is 77.5 Å². The van der Waals surface area contributed by atoms with E-state index in [-0.39, 0.29) is 0 Å². The van der Waals surface area contributed by atoms with E-state index in [9.17, 15) is 0 Å². The van der Waals surface area contributed by atoms with Gasteiger partial charge in [-0.15, -0.1) is 0 Å². The van der Waals surface area contributed by atoms with Crippen molar-refractivity contribution in [2.45, 2.75) is 0 Å². The Labute approximate surface area is 364 Å². The zero-order chi connectivity index (χ0) is 41.7. The normalized spacial score (nSPS) is 11.5. The van der Waals surface area contributed by atoms with E-state index in [2.05, 4.69) is 193 Å². The molecule has 12 aromatic rings. The molecule has 0 saturated carbocycles. The lowest BCUT2D eigenvalue weighted by Crippen LogP contribution is -2.00. The van der Waals surface area contributed by atoms with E-state index >= 15 is 0 Å². The van der Waals surface area contributed by atoms with Gasteiger partial charge in [-0.05, 0) is 52.4 Å². The van der Waals surface area contributed by atoms with Crippen LogP contribution in [0.5, 0.6) is 0 Å². The van der Waals surface area contributed by atoms with Crippen molar-refractivity contribution in [2.75, 3.05) is 0 Å². The summed E-state index contributed by atoms with van der Waals surface area (Å²) in [7, 11) is 0. The fraction of sp³-hybridized carbons (Fsp3) is 0. The molecule has 5 heteroatoms. The van der Waals surface area contributed by atoms with Crippen LogP contribution in [0, 0.1) is 0 Å². The fourth-order valence-electron chi connectivity index (χ4n) is 8.98. The molecule has 9 aromatic carbocycles. The number of fused-ring (bicyclic) bond motifs is 6. The molecule has 3 aromatic heterocycles. The monoisotopic (exact) mass is 803 g/mol. The van der Waals surface area contributed by atoms with Gasteiger partial charge in [-0.2, -0.15) is 0 Å². The summed E-state index contributed by atoms with van der Waals surface area (Å²) in [5.41, 5.74) is 13.7. The minimum Gasteiger partial charge on any atom is -0.309 e. The third-order valence-corrected chi connectivity index (χ3v) is 12.1.